The van der Waals surface area contributed by atoms with E-state index in [0.29, 0.717) is 0 Å². The summed E-state index contributed by atoms with van der Waals surface area (Å²) in [6.07, 6.45) is 0. The predicted octanol–water partition coefficient (Wildman–Crippen LogP) is 30.2. The minimum atomic E-state index is -0.421. The Hall–Kier alpha value is -12.3. The molecule has 0 bridgehead atoms. The summed E-state index contributed by atoms with van der Waals surface area (Å²) in [5, 5.41) is 4.79. The molecule has 0 amide bonds. The molecular weight excluding hydrogens is 1680 g/mol. The maximum Gasteiger partial charge on any atom is 0.494 e. The fourth-order valence-corrected chi connectivity index (χ4v) is 23.8. The maximum atomic E-state index is 6.38. The topological polar surface area (TPSA) is 56.5 Å². The van der Waals surface area contributed by atoms with Crippen molar-refractivity contribution in [2.75, 3.05) is 14.7 Å². The first-order valence-corrected chi connectivity index (χ1v) is 47.9. The van der Waals surface area contributed by atoms with Gasteiger partial charge in [-0.1, -0.05) is 281 Å². The van der Waals surface area contributed by atoms with Crippen molar-refractivity contribution in [2.24, 2.45) is 0 Å². The average molecular weight is 1790 g/mol. The van der Waals surface area contributed by atoms with Crippen LogP contribution in [0.5, 0.6) is 0 Å². The minimum Gasteiger partial charge on any atom is -0.399 e. The molecule has 12 heteroatoms. The summed E-state index contributed by atoms with van der Waals surface area (Å²) in [6, 6.07) is 117. The van der Waals surface area contributed by atoms with Crippen molar-refractivity contribution < 1.29 is 18.6 Å². The molecule has 654 valence electrons. The van der Waals surface area contributed by atoms with Gasteiger partial charge < -0.3 is 42.5 Å². The number of anilines is 9. The molecule has 0 unspecified atom stereocenters. The fraction of sp³-hybridized carbons (Fsp3) is 0.250. The van der Waals surface area contributed by atoms with E-state index >= 15 is 0 Å². The number of hydrogen-bond donors (Lipinski definition) is 0. The molecule has 0 spiro atoms. The summed E-state index contributed by atoms with van der Waals surface area (Å²) in [5.74, 6) is 0. The van der Waals surface area contributed by atoms with Gasteiger partial charge in [0.05, 0.1) is 95.7 Å². The Morgan fingerprint density at radius 1 is 0.212 bits per heavy atom. The van der Waals surface area contributed by atoms with Crippen molar-refractivity contribution in [1.29, 1.82) is 0 Å². The second-order valence-corrected chi connectivity index (χ2v) is 44.0. The quantitative estimate of drug-likeness (QED) is 0.154. The zero-order chi connectivity index (χ0) is 91.6. The highest BCUT2D eigenvalue weighted by Crippen LogP contribution is 2.65. The molecule has 0 aliphatic carbocycles. The van der Waals surface area contributed by atoms with E-state index in [2.05, 4.69) is 488 Å². The lowest BCUT2D eigenvalue weighted by atomic mass is 9.65. The number of halogens is 1. The van der Waals surface area contributed by atoms with Gasteiger partial charge in [-0.05, 0) is 289 Å². The molecule has 0 radical (unpaired) electrons. The third kappa shape index (κ3) is 12.1. The van der Waals surface area contributed by atoms with Crippen LogP contribution in [0.25, 0.3) is 77.2 Å². The Balaban J connectivity index is 0.000000130. The van der Waals surface area contributed by atoms with Gasteiger partial charge in [0.15, 0.2) is 0 Å². The van der Waals surface area contributed by atoms with Crippen molar-refractivity contribution in [1.82, 2.24) is 9.13 Å². The lowest BCUT2D eigenvalue weighted by molar-refractivity contribution is 0.00578. The molecule has 132 heavy (non-hydrogen) atoms. The normalized spacial score (nSPS) is 18.4. The van der Waals surface area contributed by atoms with E-state index in [-0.39, 0.29) is 32.5 Å². The predicted molar refractivity (Wildman–Crippen MR) is 555 cm³/mol. The van der Waals surface area contributed by atoms with Gasteiger partial charge in [-0.2, -0.15) is 0 Å². The second-order valence-electron chi connectivity index (χ2n) is 43.1. The fourth-order valence-electron chi connectivity index (χ4n) is 23.4. The minimum absolute atomic E-state index is 0.0384. The molecule has 0 atom stereocenters. The molecule has 10 heterocycles. The zero-order valence-electron chi connectivity index (χ0n) is 79.4. The number of nitrogens with zero attached hydrogens (tertiary/aromatic N) is 5. The molecule has 0 saturated carbocycles. The van der Waals surface area contributed by atoms with E-state index < -0.39 is 36.6 Å². The van der Waals surface area contributed by atoms with E-state index in [9.17, 15) is 0 Å². The summed E-state index contributed by atoms with van der Waals surface area (Å²) < 4.78 is 31.5. The van der Waals surface area contributed by atoms with Gasteiger partial charge in [-0.25, -0.2) is 0 Å². The van der Waals surface area contributed by atoms with Crippen LogP contribution in [-0.4, -0.2) is 45.8 Å². The molecule has 15 aromatic carbocycles. The third-order valence-electron chi connectivity index (χ3n) is 32.2. The Bertz CT molecular complexity index is 7140. The molecule has 2 fully saturated rings. The Kier molecular flexibility index (Phi) is 18.4. The lowest BCUT2D eigenvalue weighted by Crippen LogP contribution is -2.41. The number of fused-ring (bicyclic) bond motifs is 18. The van der Waals surface area contributed by atoms with Crippen molar-refractivity contribution in [3.8, 4) is 33.6 Å². The summed E-state index contributed by atoms with van der Waals surface area (Å²) in [6.45, 7) is 45.4. The summed E-state index contributed by atoms with van der Waals surface area (Å²) in [4.78, 5) is 7.60. The second kappa shape index (κ2) is 28.9. The largest absolute Gasteiger partial charge is 0.494 e. The van der Waals surface area contributed by atoms with Gasteiger partial charge in [-0.3, -0.25) is 0 Å². The highest BCUT2D eigenvalue weighted by molar-refractivity contribution is 9.10. The van der Waals surface area contributed by atoms with Crippen molar-refractivity contribution in [3.05, 3.63) is 387 Å². The van der Waals surface area contributed by atoms with Crippen LogP contribution in [0.15, 0.2) is 320 Å². The van der Waals surface area contributed by atoms with Crippen LogP contribution >= 0.6 is 15.9 Å². The molecule has 8 aliphatic rings. The van der Waals surface area contributed by atoms with Crippen LogP contribution in [0, 0.1) is 0 Å². The van der Waals surface area contributed by atoms with Gasteiger partial charge in [0.25, 0.3) is 0 Å². The Morgan fingerprint density at radius 2 is 0.432 bits per heavy atom. The van der Waals surface area contributed by atoms with Crippen LogP contribution in [0.1, 0.15) is 205 Å². The van der Waals surface area contributed by atoms with Crippen LogP contribution in [0.2, 0.25) is 0 Å². The van der Waals surface area contributed by atoms with Crippen molar-refractivity contribution in [2.45, 2.75) is 193 Å². The van der Waals surface area contributed by atoms with E-state index in [1.54, 1.807) is 0 Å². The molecule has 17 aromatic rings. The van der Waals surface area contributed by atoms with E-state index in [0.717, 1.165) is 48.6 Å². The number of rotatable bonds is 6. The summed E-state index contributed by atoms with van der Waals surface area (Å²) in [5.41, 5.74) is 39.7. The highest BCUT2D eigenvalue weighted by atomic mass is 79.9. The first kappa shape index (κ1) is 84.0. The first-order valence-electron chi connectivity index (χ1n) is 47.1. The molecule has 2 aromatic heterocycles. The van der Waals surface area contributed by atoms with Gasteiger partial charge >= 0.3 is 14.2 Å². The standard InChI is InChI=1S/C66H55N3.C30H35B2NO4.C24H22BrN/c1-63(2)47-22-12-16-26-57(47)68-58-27-17-13-23-48(58)64(3,4)52-37-42(36-51(63)61(52)68)40-30-32-55-45(34-40)46-35-41(31-33-56(46)67(55)44-20-10-9-11-21-44)43-38-53-62-54(39-43)66(7,8)50-25-15-19-29-60(50)69(62)59-28-18-14-24-49(59)65(53,5)6;1-27(2)28(3,4)35-31(34-27)20-14-16-25-23(18-20)24-19-21(32-36-29(5,6)30(7,8)37-32)15-17-26(24)33(25)22-12-10-9-11-13-22;1-23(2)16-9-5-7-11-20(16)26-21-12-8-6-10-17(21)24(3,4)19-14-15(25)13-18(23)22(19)26/h9-39H,1-8H3;9-19H,1-8H3;5-14H,1-4H3. The number of para-hydroxylation sites is 8. The maximum absolute atomic E-state index is 6.38. The molecule has 8 aliphatic heterocycles. The van der Waals surface area contributed by atoms with Crippen LogP contribution in [0.4, 0.5) is 51.2 Å². The average Bonchev–Trinajstić information content (AvgIpc) is 1.43. The Morgan fingerprint density at radius 3 is 0.689 bits per heavy atom. The zero-order valence-corrected chi connectivity index (χ0v) is 81.0. The van der Waals surface area contributed by atoms with Crippen molar-refractivity contribution in [3.63, 3.8) is 0 Å². The van der Waals surface area contributed by atoms with E-state index in [1.165, 1.54) is 162 Å². The van der Waals surface area contributed by atoms with Crippen LogP contribution in [-0.2, 0) is 51.1 Å². The van der Waals surface area contributed by atoms with Gasteiger partial charge in [-0.15, -0.1) is 0 Å². The molecule has 25 rings (SSSR count). The lowest BCUT2D eigenvalue weighted by Gasteiger charge is -2.49. The molecule has 0 N–H and O–H groups in total. The van der Waals surface area contributed by atoms with Gasteiger partial charge in [0.1, 0.15) is 0 Å². The van der Waals surface area contributed by atoms with E-state index in [1.807, 2.05) is 6.07 Å². The monoisotopic (exact) mass is 1790 g/mol. The summed E-state index contributed by atoms with van der Waals surface area (Å²) in [7, 11) is -0.841. The van der Waals surface area contributed by atoms with Gasteiger partial charge in [0.2, 0.25) is 0 Å². The van der Waals surface area contributed by atoms with Crippen molar-refractivity contribution >= 4 is 136 Å². The summed E-state index contributed by atoms with van der Waals surface area (Å²) >= 11 is 3.79. The highest BCUT2D eigenvalue weighted by Gasteiger charge is 2.55. The third-order valence-corrected chi connectivity index (χ3v) is 32.7. The first-order chi connectivity index (χ1) is 62.9. The SMILES string of the molecule is CC1(C)OB(c2ccc3c(c2)c2cc(B4OC(C)(C)C(C)(C)O4)ccc2n3-c2ccccc2)OC1(C)C.CC1(C)c2ccccc2N2c3ccccc3C(C)(C)c3cc(-c4ccc5c(c4)c4cc(-c6cc7c8c(c6)C(C)(C)c6ccccc6N8c6ccccc6C7(C)C)ccc4n5-c4ccccc4)cc1c32.CC1(C)c2ccccc2N2c3ccccc3C(C)(C)c3cc(Br)cc1c32. The van der Waals surface area contributed by atoms with E-state index in [4.69, 9.17) is 18.6 Å². The molecule has 2 saturated heterocycles. The smallest absolute Gasteiger partial charge is 0.399 e. The van der Waals surface area contributed by atoms with Gasteiger partial charge in [0, 0.05) is 69.9 Å². The molecule has 9 nitrogen and oxygen atoms in total. The Labute approximate surface area is 786 Å². The molecular formula is C120H112B2BrN5O4. The van der Waals surface area contributed by atoms with Crippen LogP contribution in [0.3, 0.4) is 0 Å². The van der Waals surface area contributed by atoms with Crippen LogP contribution < -0.4 is 25.6 Å². The number of aromatic nitrogens is 2. The number of hydrogen-bond acceptors (Lipinski definition) is 7. The number of benzene rings is 15.